The Hall–Kier alpha value is -5.84. The van der Waals surface area contributed by atoms with Crippen molar-refractivity contribution in [1.82, 2.24) is 24.9 Å². The first kappa shape index (κ1) is 57.3. The van der Waals surface area contributed by atoms with E-state index in [1.165, 1.54) is 6.42 Å². The molecule has 4 aromatic carbocycles. The van der Waals surface area contributed by atoms with Crippen molar-refractivity contribution in [3.8, 4) is 0 Å². The highest BCUT2D eigenvalue weighted by Gasteiger charge is 2.44. The number of rotatable bonds is 22. The zero-order chi connectivity index (χ0) is 54.6. The Labute approximate surface area is 460 Å². The number of carbonyl (C=O) groups is 6. The normalized spacial score (nSPS) is 21.4. The van der Waals surface area contributed by atoms with Gasteiger partial charge in [0.05, 0.1) is 12.1 Å². The Kier molecular flexibility index (Phi) is 20.2. The van der Waals surface area contributed by atoms with Crippen molar-refractivity contribution in [3.05, 3.63) is 119 Å². The average molecular weight is 1050 g/mol. The number of amides is 5. The SMILES string of the molecule is CC[C@@H](C)C(=O)N[C@H](C(=O)N1CC[C@H](C)[C@H]1CN(CCc1ccccc1)C(=O)c1ccc2cc(C(=O)N(CCc3ccccc3)C[C@@H]3[C@@H](C)CCN3C(=O)[C@@H](CC(=O)C(C)C)C3CCCCC3)ccc2c1)C1CCCCC1. The van der Waals surface area contributed by atoms with E-state index in [1.54, 1.807) is 0 Å². The molecule has 0 bridgehead atoms. The molecule has 11 nitrogen and oxygen atoms in total. The summed E-state index contributed by atoms with van der Waals surface area (Å²) in [5, 5.41) is 4.92. The number of fused-ring (bicyclic) bond motifs is 1. The van der Waals surface area contributed by atoms with Crippen molar-refractivity contribution in [2.75, 3.05) is 39.3 Å². The van der Waals surface area contributed by atoms with Gasteiger partial charge in [-0.15, -0.1) is 0 Å². The van der Waals surface area contributed by atoms with Gasteiger partial charge in [0.2, 0.25) is 17.7 Å². The van der Waals surface area contributed by atoms with Gasteiger partial charge in [0, 0.05) is 74.6 Å². The minimum atomic E-state index is -0.576. The number of Topliss-reactive ketones (excluding diaryl/α,β-unsaturated/α-hetero) is 1. The third kappa shape index (κ3) is 14.5. The molecule has 8 rings (SSSR count). The van der Waals surface area contributed by atoms with Gasteiger partial charge < -0.3 is 24.9 Å². The summed E-state index contributed by atoms with van der Waals surface area (Å²) in [5.74, 6) is -0.0795. The van der Waals surface area contributed by atoms with Crippen LogP contribution in [0.25, 0.3) is 10.8 Å². The lowest BCUT2D eigenvalue weighted by atomic mass is 9.76. The highest BCUT2D eigenvalue weighted by Crippen LogP contribution is 2.37. The Morgan fingerprint density at radius 2 is 1.03 bits per heavy atom. The maximum absolute atomic E-state index is 15.0. The van der Waals surface area contributed by atoms with Gasteiger partial charge in [0.25, 0.3) is 11.8 Å². The van der Waals surface area contributed by atoms with E-state index in [-0.39, 0.29) is 95.2 Å². The third-order valence-corrected chi connectivity index (χ3v) is 18.4. The number of likely N-dealkylation sites (tertiary alicyclic amines) is 2. The van der Waals surface area contributed by atoms with E-state index in [9.17, 15) is 24.0 Å². The standard InChI is InChI=1S/C66H89N5O6/c1-7-46(4)62(73)67-61(52-26-18-11-19-27-52)66(77)71-39-33-48(6)59(71)44-69(37-35-50-22-14-9-15-23-50)64(75)56-31-29-53-40-55(30-28-54(53)41-56)63(74)68(36-34-49-20-12-8-13-21-49)43-58-47(5)32-38-70(58)65(76)57(42-60(72)45(2)3)51-24-16-10-17-25-51/h8-9,12-15,20-23,28-31,40-41,45-48,51-52,57-59,61H,7,10-11,16-19,24-27,32-39,42-44H2,1-6H3,(H,67,73)/t46-,47+,48+,57+,58-,59-,61+/m1/s1. The molecule has 4 aromatic rings. The topological polar surface area (TPSA) is 127 Å². The van der Waals surface area contributed by atoms with Crippen LogP contribution in [0.1, 0.15) is 163 Å². The second-order valence-electron chi connectivity index (χ2n) is 24.0. The van der Waals surface area contributed by atoms with Gasteiger partial charge >= 0.3 is 0 Å². The van der Waals surface area contributed by atoms with Gasteiger partial charge in [0.1, 0.15) is 11.8 Å². The Balaban J connectivity index is 1.03. The number of benzene rings is 4. The molecule has 4 fully saturated rings. The van der Waals surface area contributed by atoms with Crippen LogP contribution in [-0.4, -0.2) is 112 Å². The fourth-order valence-corrected chi connectivity index (χ4v) is 13.0. The van der Waals surface area contributed by atoms with Crippen LogP contribution in [0, 0.1) is 41.4 Å². The number of nitrogens with one attached hydrogen (secondary N) is 1. The van der Waals surface area contributed by atoms with E-state index >= 15 is 4.79 Å². The summed E-state index contributed by atoms with van der Waals surface area (Å²) in [6.07, 6.45) is 14.4. The molecule has 0 aromatic heterocycles. The Morgan fingerprint density at radius 3 is 1.48 bits per heavy atom. The quantitative estimate of drug-likeness (QED) is 0.0835. The second-order valence-corrected chi connectivity index (χ2v) is 24.0. The van der Waals surface area contributed by atoms with Gasteiger partial charge in [-0.05, 0) is 128 Å². The predicted molar refractivity (Wildman–Crippen MR) is 307 cm³/mol. The van der Waals surface area contributed by atoms with Crippen LogP contribution in [0.2, 0.25) is 0 Å². The van der Waals surface area contributed by atoms with Crippen LogP contribution < -0.4 is 5.32 Å². The minimum absolute atomic E-state index is 0.0188. The van der Waals surface area contributed by atoms with E-state index in [0.717, 1.165) is 92.5 Å². The van der Waals surface area contributed by atoms with E-state index < -0.39 is 6.04 Å². The monoisotopic (exact) mass is 1050 g/mol. The Morgan fingerprint density at radius 1 is 0.571 bits per heavy atom. The fourth-order valence-electron chi connectivity index (χ4n) is 13.0. The van der Waals surface area contributed by atoms with Crippen molar-refractivity contribution in [1.29, 1.82) is 0 Å². The summed E-state index contributed by atoms with van der Waals surface area (Å²) in [5.41, 5.74) is 3.35. The summed E-state index contributed by atoms with van der Waals surface area (Å²) in [6, 6.07) is 30.9. The zero-order valence-corrected chi connectivity index (χ0v) is 47.3. The van der Waals surface area contributed by atoms with Crippen molar-refractivity contribution < 1.29 is 28.8 Å². The fraction of sp³-hybridized carbons (Fsp3) is 0.576. The molecule has 0 radical (unpaired) electrons. The number of hydrogen-bond acceptors (Lipinski definition) is 6. The maximum Gasteiger partial charge on any atom is 0.253 e. The molecule has 1 N–H and O–H groups in total. The third-order valence-electron chi connectivity index (χ3n) is 18.4. The molecule has 0 spiro atoms. The molecule has 0 unspecified atom stereocenters. The van der Waals surface area contributed by atoms with Crippen molar-refractivity contribution in [2.24, 2.45) is 41.4 Å². The molecule has 2 saturated heterocycles. The molecule has 2 aliphatic carbocycles. The van der Waals surface area contributed by atoms with E-state index in [4.69, 9.17) is 0 Å². The van der Waals surface area contributed by atoms with Crippen molar-refractivity contribution in [2.45, 2.75) is 162 Å². The Bertz CT molecular complexity index is 2630. The number of carbonyl (C=O) groups excluding carboxylic acids is 6. The average Bonchev–Trinajstić information content (AvgIpc) is 4.03. The molecule has 2 saturated carbocycles. The van der Waals surface area contributed by atoms with E-state index in [0.29, 0.717) is 69.7 Å². The van der Waals surface area contributed by atoms with Gasteiger partial charge in [-0.3, -0.25) is 28.8 Å². The van der Waals surface area contributed by atoms with Crippen LogP contribution in [0.4, 0.5) is 0 Å². The largest absolute Gasteiger partial charge is 0.344 e. The first-order valence-corrected chi connectivity index (χ1v) is 29.8. The van der Waals surface area contributed by atoms with Gasteiger partial charge in [-0.25, -0.2) is 0 Å². The maximum atomic E-state index is 15.0. The van der Waals surface area contributed by atoms with Crippen LogP contribution in [0.15, 0.2) is 97.1 Å². The van der Waals surface area contributed by atoms with Crippen molar-refractivity contribution in [3.63, 3.8) is 0 Å². The molecule has 7 atom stereocenters. The lowest BCUT2D eigenvalue weighted by molar-refractivity contribution is -0.142. The molecule has 2 heterocycles. The van der Waals surface area contributed by atoms with Crippen LogP contribution >= 0.6 is 0 Å². The zero-order valence-electron chi connectivity index (χ0n) is 47.3. The number of hydrogen-bond donors (Lipinski definition) is 1. The van der Waals surface area contributed by atoms with Crippen LogP contribution in [-0.2, 0) is 32.0 Å². The smallest absolute Gasteiger partial charge is 0.253 e. The van der Waals surface area contributed by atoms with Gasteiger partial charge in [0.15, 0.2) is 0 Å². The predicted octanol–water partition coefficient (Wildman–Crippen LogP) is 11.6. The van der Waals surface area contributed by atoms with Gasteiger partial charge in [-0.2, -0.15) is 0 Å². The number of nitrogens with zero attached hydrogens (tertiary/aromatic N) is 4. The van der Waals surface area contributed by atoms with E-state index in [1.807, 2.05) is 120 Å². The molecular weight excluding hydrogens is 959 g/mol. The molecule has 77 heavy (non-hydrogen) atoms. The van der Waals surface area contributed by atoms with Gasteiger partial charge in [-0.1, -0.05) is 153 Å². The summed E-state index contributed by atoms with van der Waals surface area (Å²) in [6.45, 7) is 15.1. The second kappa shape index (κ2) is 27.2. The highest BCUT2D eigenvalue weighted by molar-refractivity contribution is 6.02. The van der Waals surface area contributed by atoms with Crippen LogP contribution in [0.3, 0.4) is 0 Å². The lowest BCUT2D eigenvalue weighted by Gasteiger charge is -2.38. The molecule has 5 amide bonds. The van der Waals surface area contributed by atoms with E-state index in [2.05, 4.69) is 43.4 Å². The molecule has 414 valence electrons. The first-order valence-electron chi connectivity index (χ1n) is 29.8. The molecule has 2 aliphatic heterocycles. The summed E-state index contributed by atoms with van der Waals surface area (Å²) in [7, 11) is 0. The van der Waals surface area contributed by atoms with Crippen molar-refractivity contribution >= 4 is 46.1 Å². The minimum Gasteiger partial charge on any atom is -0.344 e. The number of ketones is 1. The molecular formula is C66H89N5O6. The molecule has 4 aliphatic rings. The van der Waals surface area contributed by atoms with Crippen LogP contribution in [0.5, 0.6) is 0 Å². The lowest BCUT2D eigenvalue weighted by Crippen LogP contribution is -2.56. The molecule has 11 heteroatoms. The summed E-state index contributed by atoms with van der Waals surface area (Å²) < 4.78 is 0. The summed E-state index contributed by atoms with van der Waals surface area (Å²) >= 11 is 0. The first-order chi connectivity index (χ1) is 37.2. The highest BCUT2D eigenvalue weighted by atomic mass is 16.2. The summed E-state index contributed by atoms with van der Waals surface area (Å²) in [4.78, 5) is 94.3.